The number of rotatable bonds is 4. The van der Waals surface area contributed by atoms with E-state index < -0.39 is 0 Å². The molecule has 5 fully saturated rings. The largest absolute Gasteiger partial charge is 0.338 e. The molecule has 2 N–H and O–H groups in total. The second-order valence-electron chi connectivity index (χ2n) is 9.51. The van der Waals surface area contributed by atoms with Crippen molar-refractivity contribution in [3.63, 3.8) is 0 Å². The predicted molar refractivity (Wildman–Crippen MR) is 108 cm³/mol. The maximum absolute atomic E-state index is 12.5. The minimum Gasteiger partial charge on any atom is -0.338 e. The molecule has 0 spiro atoms. The standard InChI is InChI=1S/C21H30N6O2/c28-18(14-26-4-6-27(7-5-26)19-22-2-1-3-23-19)24-20(29)25-21-11-15-8-16(12-21)10-17(9-15)13-21/h1-3,15-17H,4-14H2,(H2,24,25,28,29). The SMILES string of the molecule is O=C(CN1CCN(c2ncccn2)CC1)NC(=O)NC12CC3CC(CC(C3)C1)C2. The number of nitrogens with one attached hydrogen (secondary N) is 2. The van der Waals surface area contributed by atoms with Crippen LogP contribution in [-0.2, 0) is 4.79 Å². The Kier molecular flexibility index (Phi) is 4.89. The Hall–Kier alpha value is -2.22. The van der Waals surface area contributed by atoms with Gasteiger partial charge in [-0.1, -0.05) is 0 Å². The second kappa shape index (κ2) is 7.55. The summed E-state index contributed by atoms with van der Waals surface area (Å²) in [5, 5.41) is 5.78. The first-order valence-corrected chi connectivity index (χ1v) is 10.9. The molecule has 0 unspecified atom stereocenters. The molecule has 0 atom stereocenters. The van der Waals surface area contributed by atoms with Crippen molar-refractivity contribution in [1.29, 1.82) is 0 Å². The van der Waals surface area contributed by atoms with Crippen molar-refractivity contribution in [3.8, 4) is 0 Å². The summed E-state index contributed by atoms with van der Waals surface area (Å²) in [6.07, 6.45) is 10.7. The Bertz CT molecular complexity index is 726. The molecule has 0 radical (unpaired) electrons. The van der Waals surface area contributed by atoms with Gasteiger partial charge in [-0.25, -0.2) is 14.8 Å². The van der Waals surface area contributed by atoms with E-state index >= 15 is 0 Å². The van der Waals surface area contributed by atoms with Crippen LogP contribution in [0.5, 0.6) is 0 Å². The lowest BCUT2D eigenvalue weighted by Gasteiger charge is -2.56. The molecule has 5 aliphatic rings. The number of carbonyl (C=O) groups excluding carboxylic acids is 2. The highest BCUT2D eigenvalue weighted by Gasteiger charge is 2.51. The number of imide groups is 1. The van der Waals surface area contributed by atoms with Gasteiger partial charge in [-0.05, 0) is 62.3 Å². The van der Waals surface area contributed by atoms with Gasteiger partial charge in [-0.15, -0.1) is 0 Å². The number of hydrogen-bond donors (Lipinski definition) is 2. The van der Waals surface area contributed by atoms with Crippen molar-refractivity contribution in [2.75, 3.05) is 37.6 Å². The van der Waals surface area contributed by atoms with Gasteiger partial charge in [0.2, 0.25) is 11.9 Å². The molecule has 1 aliphatic heterocycles. The molecule has 0 aromatic carbocycles. The van der Waals surface area contributed by atoms with Crippen molar-refractivity contribution in [2.24, 2.45) is 17.8 Å². The van der Waals surface area contributed by atoms with Gasteiger partial charge in [0.25, 0.3) is 0 Å². The molecule has 4 saturated carbocycles. The summed E-state index contributed by atoms with van der Waals surface area (Å²) in [7, 11) is 0. The van der Waals surface area contributed by atoms with E-state index in [1.165, 1.54) is 19.3 Å². The Labute approximate surface area is 171 Å². The normalized spacial score (nSPS) is 33.5. The van der Waals surface area contributed by atoms with Crippen molar-refractivity contribution in [3.05, 3.63) is 18.5 Å². The number of piperazine rings is 1. The van der Waals surface area contributed by atoms with Crippen LogP contribution in [0.2, 0.25) is 0 Å². The fourth-order valence-electron chi connectivity index (χ4n) is 6.47. The molecular formula is C21H30N6O2. The number of aromatic nitrogens is 2. The zero-order valence-corrected chi connectivity index (χ0v) is 16.8. The fraction of sp³-hybridized carbons (Fsp3) is 0.714. The van der Waals surface area contributed by atoms with Crippen molar-refractivity contribution < 1.29 is 9.59 Å². The molecule has 1 aromatic rings. The molecule has 1 aromatic heterocycles. The summed E-state index contributed by atoms with van der Waals surface area (Å²) in [5.74, 6) is 2.80. The maximum atomic E-state index is 12.5. The molecule has 8 nitrogen and oxygen atoms in total. The summed E-state index contributed by atoms with van der Waals surface area (Å²) in [5.41, 5.74) is -0.0690. The molecule has 4 bridgehead atoms. The van der Waals surface area contributed by atoms with Gasteiger partial charge in [0.15, 0.2) is 0 Å². The molecule has 3 amide bonds. The van der Waals surface area contributed by atoms with E-state index in [0.29, 0.717) is 0 Å². The van der Waals surface area contributed by atoms with Gasteiger partial charge in [-0.3, -0.25) is 15.0 Å². The molecule has 6 rings (SSSR count). The first kappa shape index (κ1) is 18.8. The number of hydrogen-bond acceptors (Lipinski definition) is 6. The molecular weight excluding hydrogens is 368 g/mol. The molecule has 29 heavy (non-hydrogen) atoms. The second-order valence-corrected chi connectivity index (χ2v) is 9.51. The van der Waals surface area contributed by atoms with Crippen LogP contribution >= 0.6 is 0 Å². The highest BCUT2D eigenvalue weighted by molar-refractivity contribution is 5.95. The van der Waals surface area contributed by atoms with E-state index in [2.05, 4.69) is 30.4 Å². The van der Waals surface area contributed by atoms with Gasteiger partial charge in [0, 0.05) is 44.1 Å². The van der Waals surface area contributed by atoms with Crippen LogP contribution < -0.4 is 15.5 Å². The monoisotopic (exact) mass is 398 g/mol. The molecule has 1 saturated heterocycles. The Morgan fingerprint density at radius 2 is 1.55 bits per heavy atom. The zero-order valence-electron chi connectivity index (χ0n) is 16.8. The van der Waals surface area contributed by atoms with Gasteiger partial charge in [0.1, 0.15) is 0 Å². The topological polar surface area (TPSA) is 90.5 Å². The van der Waals surface area contributed by atoms with E-state index in [9.17, 15) is 9.59 Å². The average Bonchev–Trinajstić information content (AvgIpc) is 2.67. The third-order valence-corrected chi connectivity index (χ3v) is 7.24. The fourth-order valence-corrected chi connectivity index (χ4v) is 6.47. The summed E-state index contributed by atoms with van der Waals surface area (Å²) < 4.78 is 0. The third kappa shape index (κ3) is 4.08. The molecule has 156 valence electrons. The van der Waals surface area contributed by atoms with E-state index in [1.54, 1.807) is 18.5 Å². The molecule has 8 heteroatoms. The lowest BCUT2D eigenvalue weighted by Crippen LogP contribution is -2.62. The smallest absolute Gasteiger partial charge is 0.321 e. The van der Waals surface area contributed by atoms with Crippen LogP contribution in [0.4, 0.5) is 10.7 Å². The van der Waals surface area contributed by atoms with Crippen molar-refractivity contribution in [1.82, 2.24) is 25.5 Å². The first-order valence-electron chi connectivity index (χ1n) is 10.9. The van der Waals surface area contributed by atoms with E-state index in [1.807, 2.05) is 0 Å². The van der Waals surface area contributed by atoms with Crippen LogP contribution in [0, 0.1) is 17.8 Å². The third-order valence-electron chi connectivity index (χ3n) is 7.24. The number of urea groups is 1. The summed E-state index contributed by atoms with van der Waals surface area (Å²) in [6, 6.07) is 1.49. The van der Waals surface area contributed by atoms with E-state index in [4.69, 9.17) is 0 Å². The summed E-state index contributed by atoms with van der Waals surface area (Å²) in [4.78, 5) is 37.7. The zero-order chi connectivity index (χ0) is 19.8. The highest BCUT2D eigenvalue weighted by Crippen LogP contribution is 2.55. The maximum Gasteiger partial charge on any atom is 0.321 e. The van der Waals surface area contributed by atoms with Crippen LogP contribution in [0.3, 0.4) is 0 Å². The van der Waals surface area contributed by atoms with Crippen molar-refractivity contribution in [2.45, 2.75) is 44.1 Å². The first-order chi connectivity index (χ1) is 14.1. The average molecular weight is 399 g/mol. The van der Waals surface area contributed by atoms with E-state index in [0.717, 1.165) is 69.1 Å². The number of amides is 3. The highest BCUT2D eigenvalue weighted by atomic mass is 16.2. The van der Waals surface area contributed by atoms with Gasteiger partial charge in [0.05, 0.1) is 6.54 Å². The predicted octanol–water partition coefficient (Wildman–Crippen LogP) is 1.39. The van der Waals surface area contributed by atoms with Crippen LogP contribution in [0.15, 0.2) is 18.5 Å². The lowest BCUT2D eigenvalue weighted by atomic mass is 9.53. The lowest BCUT2D eigenvalue weighted by molar-refractivity contribution is -0.121. The Morgan fingerprint density at radius 3 is 2.14 bits per heavy atom. The quantitative estimate of drug-likeness (QED) is 0.797. The Balaban J connectivity index is 1.08. The molecule has 2 heterocycles. The Morgan fingerprint density at radius 1 is 0.966 bits per heavy atom. The minimum absolute atomic E-state index is 0.0690. The van der Waals surface area contributed by atoms with Gasteiger partial charge in [-0.2, -0.15) is 0 Å². The van der Waals surface area contributed by atoms with E-state index in [-0.39, 0.29) is 24.0 Å². The van der Waals surface area contributed by atoms with Crippen molar-refractivity contribution >= 4 is 17.9 Å². The summed E-state index contributed by atoms with van der Waals surface area (Å²) in [6.45, 7) is 3.30. The number of carbonyl (C=O) groups is 2. The molecule has 4 aliphatic carbocycles. The van der Waals surface area contributed by atoms with Gasteiger partial charge >= 0.3 is 6.03 Å². The van der Waals surface area contributed by atoms with Crippen LogP contribution in [0.1, 0.15) is 38.5 Å². The number of nitrogens with zero attached hydrogens (tertiary/aromatic N) is 4. The number of anilines is 1. The van der Waals surface area contributed by atoms with Gasteiger partial charge < -0.3 is 10.2 Å². The summed E-state index contributed by atoms with van der Waals surface area (Å²) >= 11 is 0. The van der Waals surface area contributed by atoms with Crippen LogP contribution in [-0.4, -0.2) is 65.1 Å². The minimum atomic E-state index is -0.312. The van der Waals surface area contributed by atoms with Crippen LogP contribution in [0.25, 0.3) is 0 Å².